The van der Waals surface area contributed by atoms with E-state index in [1.54, 1.807) is 25.2 Å². The van der Waals surface area contributed by atoms with Crippen LogP contribution in [0.3, 0.4) is 0 Å². The molecule has 1 aromatic rings. The number of anilines is 1. The Hall–Kier alpha value is -1.68. The summed E-state index contributed by atoms with van der Waals surface area (Å²) in [6, 6.07) is 7.14. The first-order valence-electron chi connectivity index (χ1n) is 4.77. The van der Waals surface area contributed by atoms with Gasteiger partial charge < -0.3 is 0 Å². The average Bonchev–Trinajstić information content (AvgIpc) is 2.52. The normalized spacial score (nSPS) is 19.2. The van der Waals surface area contributed by atoms with Gasteiger partial charge in [0.2, 0.25) is 11.7 Å². The lowest BCUT2D eigenvalue weighted by Crippen LogP contribution is -2.47. The number of benzene rings is 1. The lowest BCUT2D eigenvalue weighted by atomic mass is 10.1. The summed E-state index contributed by atoms with van der Waals surface area (Å²) < 4.78 is 0. The van der Waals surface area contributed by atoms with Gasteiger partial charge in [0.15, 0.2) is 6.17 Å². The summed E-state index contributed by atoms with van der Waals surface area (Å²) in [5.41, 5.74) is 1.29. The Morgan fingerprint density at radius 1 is 1.40 bits per heavy atom. The van der Waals surface area contributed by atoms with Crippen molar-refractivity contribution in [2.75, 3.05) is 11.9 Å². The number of carbonyl (C=O) groups excluding carboxylic acids is 2. The van der Waals surface area contributed by atoms with Gasteiger partial charge in [0.25, 0.3) is 0 Å². The van der Waals surface area contributed by atoms with Crippen LogP contribution in [0.1, 0.15) is 17.3 Å². The SMILES string of the molecule is CNC1C(=O)c2ccccc2N1C(C)=O. The van der Waals surface area contributed by atoms with Crippen molar-refractivity contribution in [1.29, 1.82) is 0 Å². The highest BCUT2D eigenvalue weighted by molar-refractivity contribution is 6.17. The molecule has 1 heterocycles. The van der Waals surface area contributed by atoms with Crippen molar-refractivity contribution in [3.05, 3.63) is 29.8 Å². The van der Waals surface area contributed by atoms with E-state index in [0.717, 1.165) is 0 Å². The third-order valence-electron chi connectivity index (χ3n) is 2.55. The number of rotatable bonds is 1. The highest BCUT2D eigenvalue weighted by Gasteiger charge is 2.37. The maximum atomic E-state index is 11.9. The van der Waals surface area contributed by atoms with Crippen molar-refractivity contribution < 1.29 is 9.59 Å². The molecule has 0 radical (unpaired) electrons. The number of amides is 1. The van der Waals surface area contributed by atoms with Crippen LogP contribution in [0.2, 0.25) is 0 Å². The summed E-state index contributed by atoms with van der Waals surface area (Å²) in [7, 11) is 1.67. The molecule has 15 heavy (non-hydrogen) atoms. The maximum absolute atomic E-state index is 11.9. The second kappa shape index (κ2) is 3.47. The number of nitrogens with zero attached hydrogens (tertiary/aromatic N) is 1. The van der Waals surface area contributed by atoms with Gasteiger partial charge in [-0.2, -0.15) is 0 Å². The standard InChI is InChI=1S/C11H12N2O2/c1-7(14)13-9-6-4-3-5-8(9)10(15)11(13)12-2/h3-6,11-12H,1-2H3. The Bertz CT molecular complexity index is 428. The quantitative estimate of drug-likeness (QED) is 0.735. The van der Waals surface area contributed by atoms with Crippen molar-refractivity contribution in [1.82, 2.24) is 5.32 Å². The molecule has 1 amide bonds. The third kappa shape index (κ3) is 1.34. The molecule has 0 spiro atoms. The van der Waals surface area contributed by atoms with Crippen molar-refractivity contribution in [2.45, 2.75) is 13.1 Å². The second-order valence-electron chi connectivity index (χ2n) is 3.46. The van der Waals surface area contributed by atoms with Crippen LogP contribution in [0.5, 0.6) is 0 Å². The van der Waals surface area contributed by atoms with E-state index in [4.69, 9.17) is 0 Å². The summed E-state index contributed by atoms with van der Waals surface area (Å²) in [5.74, 6) is -0.184. The zero-order valence-corrected chi connectivity index (χ0v) is 8.65. The fourth-order valence-corrected chi connectivity index (χ4v) is 1.91. The van der Waals surface area contributed by atoms with E-state index in [0.29, 0.717) is 11.3 Å². The van der Waals surface area contributed by atoms with E-state index in [1.165, 1.54) is 11.8 Å². The van der Waals surface area contributed by atoms with E-state index in [-0.39, 0.29) is 11.7 Å². The number of para-hydroxylation sites is 1. The van der Waals surface area contributed by atoms with Gasteiger partial charge in [-0.25, -0.2) is 0 Å². The minimum absolute atomic E-state index is 0.0525. The molecule has 0 saturated heterocycles. The van der Waals surface area contributed by atoms with Crippen LogP contribution in [0.15, 0.2) is 24.3 Å². The number of fused-ring (bicyclic) bond motifs is 1. The molecule has 4 heteroatoms. The van der Waals surface area contributed by atoms with Crippen LogP contribution >= 0.6 is 0 Å². The third-order valence-corrected chi connectivity index (χ3v) is 2.55. The Kier molecular flexibility index (Phi) is 2.28. The smallest absolute Gasteiger partial charge is 0.225 e. The lowest BCUT2D eigenvalue weighted by Gasteiger charge is -2.21. The van der Waals surface area contributed by atoms with Crippen LogP contribution in [-0.2, 0) is 4.79 Å². The van der Waals surface area contributed by atoms with Crippen LogP contribution in [0.25, 0.3) is 0 Å². The number of hydrogen-bond donors (Lipinski definition) is 1. The van der Waals surface area contributed by atoms with Crippen molar-refractivity contribution >= 4 is 17.4 Å². The molecule has 78 valence electrons. The predicted molar refractivity (Wildman–Crippen MR) is 56.8 cm³/mol. The van der Waals surface area contributed by atoms with Crippen LogP contribution in [0.4, 0.5) is 5.69 Å². The molecule has 0 bridgehead atoms. The molecular weight excluding hydrogens is 192 g/mol. The van der Waals surface area contributed by atoms with Crippen molar-refractivity contribution in [2.24, 2.45) is 0 Å². The molecule has 1 aliphatic rings. The average molecular weight is 204 g/mol. The van der Waals surface area contributed by atoms with Gasteiger partial charge in [-0.3, -0.25) is 19.8 Å². The maximum Gasteiger partial charge on any atom is 0.225 e. The summed E-state index contributed by atoms with van der Waals surface area (Å²) >= 11 is 0. The predicted octanol–water partition coefficient (Wildman–Crippen LogP) is 0.781. The Morgan fingerprint density at radius 2 is 2.07 bits per heavy atom. The van der Waals surface area contributed by atoms with E-state index in [2.05, 4.69) is 5.32 Å². The Balaban J connectivity index is 2.55. The number of Topliss-reactive ketones (excluding diaryl/α,β-unsaturated/α-hetero) is 1. The van der Waals surface area contributed by atoms with E-state index >= 15 is 0 Å². The van der Waals surface area contributed by atoms with Gasteiger partial charge in [0, 0.05) is 12.5 Å². The van der Waals surface area contributed by atoms with Gasteiger partial charge in [-0.1, -0.05) is 12.1 Å². The highest BCUT2D eigenvalue weighted by Crippen LogP contribution is 2.30. The number of likely N-dealkylation sites (N-methyl/N-ethyl adjacent to an activating group) is 1. The van der Waals surface area contributed by atoms with E-state index in [9.17, 15) is 9.59 Å². The summed E-state index contributed by atoms with van der Waals surface area (Å²) in [6.07, 6.45) is -0.556. The highest BCUT2D eigenvalue weighted by atomic mass is 16.2. The van der Waals surface area contributed by atoms with Crippen molar-refractivity contribution in [3.8, 4) is 0 Å². The molecule has 1 aliphatic heterocycles. The van der Waals surface area contributed by atoms with Gasteiger partial charge in [-0.15, -0.1) is 0 Å². The number of carbonyl (C=O) groups is 2. The minimum atomic E-state index is -0.556. The van der Waals surface area contributed by atoms with Gasteiger partial charge in [-0.05, 0) is 19.2 Å². The molecule has 1 atom stereocenters. The molecule has 1 aromatic carbocycles. The monoisotopic (exact) mass is 204 g/mol. The minimum Gasteiger partial charge on any atom is -0.293 e. The number of hydrogen-bond acceptors (Lipinski definition) is 3. The van der Waals surface area contributed by atoms with Gasteiger partial charge >= 0.3 is 0 Å². The summed E-state index contributed by atoms with van der Waals surface area (Å²) in [4.78, 5) is 24.8. The molecule has 0 aliphatic carbocycles. The number of ketones is 1. The fraction of sp³-hybridized carbons (Fsp3) is 0.273. The second-order valence-corrected chi connectivity index (χ2v) is 3.46. The largest absolute Gasteiger partial charge is 0.293 e. The van der Waals surface area contributed by atoms with Crippen molar-refractivity contribution in [3.63, 3.8) is 0 Å². The molecular formula is C11H12N2O2. The van der Waals surface area contributed by atoms with Gasteiger partial charge in [0.1, 0.15) is 0 Å². The van der Waals surface area contributed by atoms with Crippen LogP contribution in [-0.4, -0.2) is 24.9 Å². The summed E-state index contributed by atoms with van der Waals surface area (Å²) in [6.45, 7) is 1.46. The molecule has 0 aromatic heterocycles. The first-order valence-corrected chi connectivity index (χ1v) is 4.77. The first-order chi connectivity index (χ1) is 7.16. The number of nitrogens with one attached hydrogen (secondary N) is 1. The topological polar surface area (TPSA) is 49.4 Å². The Morgan fingerprint density at radius 3 is 2.67 bits per heavy atom. The van der Waals surface area contributed by atoms with Gasteiger partial charge in [0.05, 0.1) is 5.69 Å². The molecule has 0 fully saturated rings. The molecule has 0 saturated carbocycles. The first kappa shape index (κ1) is 9.86. The van der Waals surface area contributed by atoms with E-state index < -0.39 is 6.17 Å². The zero-order chi connectivity index (χ0) is 11.0. The fourth-order valence-electron chi connectivity index (χ4n) is 1.91. The molecule has 4 nitrogen and oxygen atoms in total. The van der Waals surface area contributed by atoms with Crippen LogP contribution in [0, 0.1) is 0 Å². The zero-order valence-electron chi connectivity index (χ0n) is 8.65. The molecule has 1 unspecified atom stereocenters. The lowest BCUT2D eigenvalue weighted by molar-refractivity contribution is -0.116. The van der Waals surface area contributed by atoms with E-state index in [1.807, 2.05) is 6.07 Å². The Labute approximate surface area is 87.9 Å². The summed E-state index contributed by atoms with van der Waals surface area (Å²) in [5, 5.41) is 2.85. The molecule has 2 rings (SSSR count). The molecule has 1 N–H and O–H groups in total. The van der Waals surface area contributed by atoms with Crippen LogP contribution < -0.4 is 10.2 Å².